The number of piperidine rings is 1. The normalized spacial score (nSPS) is 21.7. The molecule has 13 N–H and O–H groups in total. The SMILES string of the molecule is CO[C@@H](C[C@@H]1CC[C@@H](C)[C@](O)(C(=O)C=O)O1)/C(C)=C/C=C/C=C/[C@@H](C)C[C@@H](C)C(=O)[C@H](O)[C@H](O)/C(C)=C/[C@@H](C)[C@H](O)C[C@H](OC(=O)[C@@H]1CCCCN1)[C@H](N)C[C@@H]1CC[C@@H](OC(=O)NCCOCCOCCOCCOCCOCCOCCOCCOCCC(=O)NCCCCn2nc(-c3ccc4oc(N)nc4c3)c3c(N)ncnc32)[C@H](OC)C1. The van der Waals surface area contributed by atoms with E-state index >= 15 is 0 Å². The fraction of sp³-hybridized carbons (Fsp3) is 0.694. The number of rotatable bonds is 59. The lowest BCUT2D eigenvalue weighted by atomic mass is 9.80. The molecule has 35 heteroatoms. The van der Waals surface area contributed by atoms with Crippen molar-refractivity contribution in [3.8, 4) is 11.3 Å². The molecule has 4 aromatic rings. The lowest BCUT2D eigenvalue weighted by Gasteiger charge is -2.40. The van der Waals surface area contributed by atoms with Gasteiger partial charge in [-0.25, -0.2) is 19.4 Å². The number of aryl methyl sites for hydroxylation is 1. The van der Waals surface area contributed by atoms with Crippen LogP contribution in [0.2, 0.25) is 0 Å². The molecular weight excluding hydrogens is 1560 g/mol. The number of unbranched alkanes of at least 4 members (excludes halogenated alkanes) is 1. The third-order valence-electron chi connectivity index (χ3n) is 21.9. The molecule has 3 fully saturated rings. The van der Waals surface area contributed by atoms with Crippen molar-refractivity contribution in [2.24, 2.45) is 35.3 Å². The number of hydrogen-bond acceptors (Lipinski definition) is 32. The Morgan fingerprint density at radius 1 is 0.742 bits per heavy atom. The number of ether oxygens (including phenoxy) is 13. The Morgan fingerprint density at radius 2 is 1.40 bits per heavy atom. The number of carbonyl (C=O) groups is 6. The van der Waals surface area contributed by atoms with E-state index in [0.717, 1.165) is 36.8 Å². The number of oxazole rings is 1. The van der Waals surface area contributed by atoms with Crippen LogP contribution < -0.4 is 33.2 Å². The first-order valence-corrected chi connectivity index (χ1v) is 42.2. The number of ketones is 2. The van der Waals surface area contributed by atoms with Crippen molar-refractivity contribution in [3.05, 3.63) is 72.1 Å². The Bertz CT molecular complexity index is 3850. The number of aliphatic hydroxyl groups is 4. The number of nitrogens with zero attached hydrogens (tertiary/aromatic N) is 5. The first-order valence-electron chi connectivity index (χ1n) is 42.2. The average Bonchev–Trinajstić information content (AvgIpc) is 1.52. The van der Waals surface area contributed by atoms with Gasteiger partial charge >= 0.3 is 12.1 Å². The zero-order valence-corrected chi connectivity index (χ0v) is 71.2. The molecule has 2 amide bonds. The van der Waals surface area contributed by atoms with Gasteiger partial charge in [-0.3, -0.25) is 24.0 Å². The number of hydrogen-bond donors (Lipinski definition) is 10. The standard InChI is InChI=1S/C85H133N11O24/c1-55(16-10-9-11-17-56(2)70(107-7)51-63-22-19-60(6)85(106,120-63)73(99)53-97)46-58(4)77(101)79(103)78(102)59(5)47-57(3)67(98)52-71(117-82(104)65-18-12-13-26-89-65)64(86)48-61-20-23-69(72(49-61)108-8)119-84(105)91-28-31-110-33-35-112-37-39-114-41-43-116-45-44-115-42-40-113-38-36-111-34-32-109-30-25-74(100)90-27-14-15-29-96-81-75(80(87)92-54-93-81)76(95-96)62-21-24-68-66(50-62)94-83(88)118-68/h9-11,16-17,21,24,47,50,53-55,57-58,60-61,63-65,67,69-72,78-79,89,98,102-103,106H,12-15,18-20,22-23,25-46,48-49,51-52,86H2,1-8H3,(H2,88,94)(H,90,100)(H,91,105)(H2,87,92,93)/b11-9+,16-10+,56-17+,59-47+/t55-,57-,58-,60-,61+,63+,64-,65+,67-,69-,70+,71+,72-,78-,79+,85-/m1/s1. The number of aromatic nitrogens is 5. The zero-order chi connectivity index (χ0) is 86.8. The van der Waals surface area contributed by atoms with Crippen LogP contribution in [0.4, 0.5) is 16.6 Å². The maximum absolute atomic E-state index is 13.6. The number of carbonyl (C=O) groups excluding carboxylic acids is 6. The van der Waals surface area contributed by atoms with E-state index in [4.69, 9.17) is 88.3 Å². The summed E-state index contributed by atoms with van der Waals surface area (Å²) >= 11 is 0. The molecular formula is C85H133N11O24. The number of amides is 2. The number of nitrogen functional groups attached to an aromatic ring is 2. The molecule has 120 heavy (non-hydrogen) atoms. The second kappa shape index (κ2) is 54.1. The summed E-state index contributed by atoms with van der Waals surface area (Å²) in [7, 11) is 3.12. The predicted molar refractivity (Wildman–Crippen MR) is 445 cm³/mol. The summed E-state index contributed by atoms with van der Waals surface area (Å²) in [6, 6.07) is 4.35. The van der Waals surface area contributed by atoms with Gasteiger partial charge in [0, 0.05) is 82.5 Å². The van der Waals surface area contributed by atoms with E-state index in [0.29, 0.717) is 204 Å². The number of methoxy groups -OCH3 is 2. The maximum atomic E-state index is 13.6. The highest BCUT2D eigenvalue weighted by atomic mass is 16.6. The largest absolute Gasteiger partial charge is 0.459 e. The van der Waals surface area contributed by atoms with Crippen molar-refractivity contribution in [1.82, 2.24) is 40.7 Å². The van der Waals surface area contributed by atoms with Crippen LogP contribution in [0.5, 0.6) is 0 Å². The molecule has 0 spiro atoms. The molecule has 3 aromatic heterocycles. The van der Waals surface area contributed by atoms with E-state index in [1.165, 1.54) is 6.33 Å². The Labute approximate surface area is 703 Å². The number of allylic oxidation sites excluding steroid dienone is 5. The van der Waals surface area contributed by atoms with Crippen LogP contribution in [-0.2, 0) is 92.1 Å². The summed E-state index contributed by atoms with van der Waals surface area (Å²) in [5.74, 6) is -5.74. The highest BCUT2D eigenvalue weighted by Gasteiger charge is 2.48. The van der Waals surface area contributed by atoms with Gasteiger partial charge in [0.15, 0.2) is 23.3 Å². The Hall–Kier alpha value is -7.66. The third kappa shape index (κ3) is 33.5. The molecule has 7 rings (SSSR count). The summed E-state index contributed by atoms with van der Waals surface area (Å²) < 4.78 is 81.1. The molecule has 16 atom stereocenters. The number of benzene rings is 1. The lowest BCUT2D eigenvalue weighted by Crippen LogP contribution is -2.53. The van der Waals surface area contributed by atoms with Gasteiger partial charge in [0.25, 0.3) is 11.8 Å². The molecule has 2 aliphatic heterocycles. The van der Waals surface area contributed by atoms with Crippen molar-refractivity contribution in [1.29, 1.82) is 0 Å². The molecule has 0 bridgehead atoms. The van der Waals surface area contributed by atoms with Gasteiger partial charge in [0.1, 0.15) is 53.8 Å². The van der Waals surface area contributed by atoms with Crippen LogP contribution in [0, 0.1) is 29.6 Å². The summed E-state index contributed by atoms with van der Waals surface area (Å²) in [5.41, 5.74) is 23.3. The molecule has 1 saturated carbocycles. The molecule has 1 aromatic carbocycles. The zero-order valence-electron chi connectivity index (χ0n) is 71.2. The molecule has 0 unspecified atom stereocenters. The lowest BCUT2D eigenvalue weighted by molar-refractivity contribution is -0.263. The van der Waals surface area contributed by atoms with E-state index in [1.54, 1.807) is 58.7 Å². The van der Waals surface area contributed by atoms with Crippen LogP contribution in [-0.4, -0.2) is 287 Å². The molecule has 3 aliphatic rings. The van der Waals surface area contributed by atoms with E-state index < -0.39 is 102 Å². The fourth-order valence-corrected chi connectivity index (χ4v) is 14.8. The van der Waals surface area contributed by atoms with E-state index in [1.807, 2.05) is 56.4 Å². The number of esters is 1. The highest BCUT2D eigenvalue weighted by Crippen LogP contribution is 2.37. The molecule has 35 nitrogen and oxygen atoms in total. The molecule has 5 heterocycles. The quantitative estimate of drug-likeness (QED) is 0.00612. The van der Waals surface area contributed by atoms with Gasteiger partial charge in [-0.05, 0) is 132 Å². The minimum Gasteiger partial charge on any atom is -0.459 e. The monoisotopic (exact) mass is 1690 g/mol. The predicted octanol–water partition coefficient (Wildman–Crippen LogP) is 5.92. The van der Waals surface area contributed by atoms with Crippen molar-refractivity contribution in [3.63, 3.8) is 0 Å². The number of alkyl carbamates (subject to hydrolysis) is 1. The van der Waals surface area contributed by atoms with Gasteiger partial charge in [-0.2, -0.15) is 10.1 Å². The van der Waals surface area contributed by atoms with Gasteiger partial charge < -0.3 is 120 Å². The Morgan fingerprint density at radius 3 is 2.03 bits per heavy atom. The van der Waals surface area contributed by atoms with Crippen molar-refractivity contribution >= 4 is 69.8 Å². The number of aldehydes is 1. The first kappa shape index (κ1) is 99.4. The van der Waals surface area contributed by atoms with Gasteiger partial charge in [-0.1, -0.05) is 70.6 Å². The number of aliphatic hydroxyl groups excluding tert-OH is 3. The summed E-state index contributed by atoms with van der Waals surface area (Å²) in [4.78, 5) is 88.7. The topological polar surface area (TPSA) is 487 Å². The van der Waals surface area contributed by atoms with Gasteiger partial charge in [0.05, 0.1) is 136 Å². The van der Waals surface area contributed by atoms with Crippen LogP contribution in [0.25, 0.3) is 33.4 Å². The fourth-order valence-electron chi connectivity index (χ4n) is 14.8. The second-order valence-electron chi connectivity index (χ2n) is 31.2. The van der Waals surface area contributed by atoms with Crippen LogP contribution >= 0.6 is 0 Å². The van der Waals surface area contributed by atoms with Crippen molar-refractivity contribution in [2.75, 3.05) is 151 Å². The highest BCUT2D eigenvalue weighted by molar-refractivity contribution is 6.28. The maximum Gasteiger partial charge on any atom is 0.407 e. The summed E-state index contributed by atoms with van der Waals surface area (Å²) in [6.45, 7) is 18.4. The first-order chi connectivity index (χ1) is 57.8. The van der Waals surface area contributed by atoms with Crippen molar-refractivity contribution < 1.29 is 115 Å². The molecule has 1 aliphatic carbocycles. The van der Waals surface area contributed by atoms with Gasteiger partial charge in [-0.15, -0.1) is 0 Å². The number of anilines is 2. The minimum atomic E-state index is -2.15. The molecule has 0 radical (unpaired) electrons. The van der Waals surface area contributed by atoms with Crippen LogP contribution in [0.15, 0.2) is 76.5 Å². The Kier molecular flexibility index (Phi) is 44.8. The molecule has 2 saturated heterocycles. The summed E-state index contributed by atoms with van der Waals surface area (Å²) in [6.07, 6.45) is 12.7. The number of fused-ring (bicyclic) bond motifs is 2. The van der Waals surface area contributed by atoms with E-state index in [2.05, 4.69) is 30.9 Å². The number of Topliss-reactive ketones (excluding diaryl/α,β-unsaturated/α-hetero) is 2. The molecule has 672 valence electrons. The van der Waals surface area contributed by atoms with Crippen LogP contribution in [0.1, 0.15) is 138 Å². The second-order valence-corrected chi connectivity index (χ2v) is 31.2. The van der Waals surface area contributed by atoms with E-state index in [-0.39, 0.29) is 74.3 Å². The van der Waals surface area contributed by atoms with Gasteiger partial charge in [0.2, 0.25) is 11.7 Å². The van der Waals surface area contributed by atoms with E-state index in [9.17, 15) is 49.2 Å². The third-order valence-corrected chi connectivity index (χ3v) is 21.9. The number of nitrogens with one attached hydrogen (secondary N) is 3. The van der Waals surface area contributed by atoms with Crippen molar-refractivity contribution in [2.45, 2.75) is 211 Å². The Balaban J connectivity index is 0.656. The average molecular weight is 1690 g/mol. The number of nitrogens with two attached hydrogens (primary N) is 3. The minimum absolute atomic E-state index is 0.00472. The van der Waals surface area contributed by atoms with Crippen LogP contribution in [0.3, 0.4) is 0 Å². The summed E-state index contributed by atoms with van der Waals surface area (Å²) in [5, 5.41) is 59.3. The smallest absolute Gasteiger partial charge is 0.407 e.